The molecule has 9 heavy (non-hydrogen) atoms. The van der Waals surface area contributed by atoms with Gasteiger partial charge < -0.3 is 9.52 Å². The molecule has 48 valence electrons. The van der Waals surface area contributed by atoms with Crippen LogP contribution in [-0.2, 0) is 0 Å². The summed E-state index contributed by atoms with van der Waals surface area (Å²) in [6.07, 6.45) is 0. The van der Waals surface area contributed by atoms with Crippen LogP contribution in [0.5, 0.6) is 0 Å². The Hall–Kier alpha value is -0.830. The molecule has 0 aliphatic rings. The molecule has 0 unspecified atom stereocenters. The van der Waals surface area contributed by atoms with Crippen LogP contribution in [0.15, 0.2) is 16.5 Å². The summed E-state index contributed by atoms with van der Waals surface area (Å²) in [5.74, 6) is 1.11. The topological polar surface area (TPSA) is 33.4 Å². The first kappa shape index (κ1) is 6.29. The smallest absolute Gasteiger partial charge is 0.225 e. The fraction of sp³-hybridized carbons (Fsp3) is 0.167. The Kier molecular flexibility index (Phi) is 1.53. The van der Waals surface area contributed by atoms with E-state index in [0.717, 1.165) is 5.76 Å². The molecule has 1 rings (SSSR count). The predicted octanol–water partition coefficient (Wildman–Crippen LogP) is 1.82. The van der Waals surface area contributed by atoms with Gasteiger partial charge in [0.15, 0.2) is 5.76 Å². The summed E-state index contributed by atoms with van der Waals surface area (Å²) < 4.78 is 4.95. The van der Waals surface area contributed by atoms with Crippen LogP contribution in [0.2, 0.25) is 0 Å². The molecule has 1 aromatic rings. The van der Waals surface area contributed by atoms with Gasteiger partial charge in [0, 0.05) is 0 Å². The van der Waals surface area contributed by atoms with E-state index in [4.69, 9.17) is 9.52 Å². The Labute approximate surface area is 58.1 Å². The summed E-state index contributed by atoms with van der Waals surface area (Å²) in [4.78, 5) is 0. The molecule has 0 radical (unpaired) electrons. The molecule has 0 bridgehead atoms. The largest absolute Gasteiger partial charge is 0.496 e. The van der Waals surface area contributed by atoms with Gasteiger partial charge in [0.1, 0.15) is 5.76 Å². The zero-order valence-electron chi connectivity index (χ0n) is 4.92. The lowest BCUT2D eigenvalue weighted by Crippen LogP contribution is -1.89. The van der Waals surface area contributed by atoms with E-state index in [-0.39, 0.29) is 5.05 Å². The van der Waals surface area contributed by atoms with Gasteiger partial charge in [-0.2, -0.15) is 0 Å². The Morgan fingerprint density at radius 3 is 2.56 bits per heavy atom. The second kappa shape index (κ2) is 2.19. The van der Waals surface area contributed by atoms with Gasteiger partial charge in [0.25, 0.3) is 0 Å². The first-order chi connectivity index (χ1) is 4.20. The van der Waals surface area contributed by atoms with Crippen molar-refractivity contribution < 1.29 is 9.52 Å². The number of aryl methyl sites for hydroxylation is 1. The zero-order valence-corrected chi connectivity index (χ0v) is 5.73. The maximum Gasteiger partial charge on any atom is 0.225 e. The number of hydrogen-bond acceptors (Lipinski definition) is 2. The molecule has 1 heterocycles. The number of aliphatic hydroxyl groups excluding tert-OH is 1. The molecule has 0 fully saturated rings. The lowest BCUT2D eigenvalue weighted by atomic mass is 10.4. The third-order valence-corrected chi connectivity index (χ3v) is 1.15. The molecule has 0 saturated heterocycles. The van der Waals surface area contributed by atoms with Crippen molar-refractivity contribution in [3.63, 3.8) is 0 Å². The number of aliphatic hydroxyl groups is 1. The third-order valence-electron chi connectivity index (χ3n) is 0.951. The van der Waals surface area contributed by atoms with Crippen LogP contribution in [0.1, 0.15) is 11.5 Å². The molecule has 3 heteroatoms. The highest BCUT2D eigenvalue weighted by Crippen LogP contribution is 2.05. The van der Waals surface area contributed by atoms with Gasteiger partial charge in [-0.15, -0.1) is 0 Å². The molecule has 0 aliphatic carbocycles. The summed E-state index contributed by atoms with van der Waals surface area (Å²) in [7, 11) is 0. The molecular weight excluding hydrogens is 136 g/mol. The minimum atomic E-state index is -0.192. The Morgan fingerprint density at radius 1 is 1.67 bits per heavy atom. The number of thiocarbonyl (C=S) groups is 1. The molecule has 1 aromatic heterocycles. The summed E-state index contributed by atoms with van der Waals surface area (Å²) in [5, 5.41) is 8.48. The fourth-order valence-corrected chi connectivity index (χ4v) is 0.659. The van der Waals surface area contributed by atoms with E-state index in [2.05, 4.69) is 12.2 Å². The molecule has 0 amide bonds. The second-order valence-corrected chi connectivity index (χ2v) is 2.10. The van der Waals surface area contributed by atoms with Gasteiger partial charge >= 0.3 is 0 Å². The van der Waals surface area contributed by atoms with E-state index in [1.54, 1.807) is 19.1 Å². The minimum Gasteiger partial charge on any atom is -0.496 e. The van der Waals surface area contributed by atoms with Gasteiger partial charge in [-0.3, -0.25) is 0 Å². The maximum absolute atomic E-state index is 8.67. The van der Waals surface area contributed by atoms with Crippen LogP contribution >= 0.6 is 12.2 Å². The van der Waals surface area contributed by atoms with Gasteiger partial charge in [0.05, 0.1) is 0 Å². The SMILES string of the molecule is Cc1ccc(C(O)=S)o1. The van der Waals surface area contributed by atoms with E-state index in [0.29, 0.717) is 5.76 Å². The lowest BCUT2D eigenvalue weighted by Gasteiger charge is -1.85. The maximum atomic E-state index is 8.67. The van der Waals surface area contributed by atoms with Crippen LogP contribution in [-0.4, -0.2) is 10.2 Å². The average Bonchev–Trinajstić information content (AvgIpc) is 2.14. The van der Waals surface area contributed by atoms with Crippen LogP contribution in [0, 0.1) is 6.92 Å². The van der Waals surface area contributed by atoms with Gasteiger partial charge in [-0.25, -0.2) is 0 Å². The zero-order chi connectivity index (χ0) is 6.85. The summed E-state index contributed by atoms with van der Waals surface area (Å²) in [6, 6.07) is 3.38. The first-order valence-electron chi connectivity index (χ1n) is 2.50. The van der Waals surface area contributed by atoms with E-state index >= 15 is 0 Å². The Balaban J connectivity index is 2.98. The van der Waals surface area contributed by atoms with Crippen molar-refractivity contribution in [3.8, 4) is 0 Å². The predicted molar refractivity (Wildman–Crippen MR) is 37.8 cm³/mol. The summed E-state index contributed by atoms with van der Waals surface area (Å²) in [6.45, 7) is 1.79. The molecule has 0 saturated carbocycles. The molecule has 1 N–H and O–H groups in total. The van der Waals surface area contributed by atoms with Crippen molar-refractivity contribution in [1.82, 2.24) is 0 Å². The summed E-state index contributed by atoms with van der Waals surface area (Å²) >= 11 is 4.44. The highest BCUT2D eigenvalue weighted by atomic mass is 32.1. The Bertz CT molecular complexity index is 227. The number of furan rings is 1. The van der Waals surface area contributed by atoms with E-state index in [1.807, 2.05) is 0 Å². The van der Waals surface area contributed by atoms with Crippen molar-refractivity contribution in [2.45, 2.75) is 6.92 Å². The first-order valence-corrected chi connectivity index (χ1v) is 2.90. The van der Waals surface area contributed by atoms with Crippen LogP contribution in [0.3, 0.4) is 0 Å². The minimum absolute atomic E-state index is 0.192. The lowest BCUT2D eigenvalue weighted by molar-refractivity contribution is 0.487. The molecule has 0 aliphatic heterocycles. The van der Waals surface area contributed by atoms with Crippen molar-refractivity contribution >= 4 is 17.3 Å². The highest BCUT2D eigenvalue weighted by Gasteiger charge is 2.00. The molecule has 2 nitrogen and oxygen atoms in total. The third kappa shape index (κ3) is 1.29. The standard InChI is InChI=1S/C6H6O2S/c1-4-2-3-5(8-4)6(7)9/h2-3H,1H3,(H,7,9). The quantitative estimate of drug-likeness (QED) is 0.607. The van der Waals surface area contributed by atoms with E-state index < -0.39 is 0 Å². The monoisotopic (exact) mass is 142 g/mol. The van der Waals surface area contributed by atoms with Crippen molar-refractivity contribution in [3.05, 3.63) is 23.7 Å². The fourth-order valence-electron chi connectivity index (χ4n) is 0.549. The van der Waals surface area contributed by atoms with Crippen molar-refractivity contribution in [2.24, 2.45) is 0 Å². The molecule has 0 atom stereocenters. The molecular formula is C6H6O2S. The molecule has 0 spiro atoms. The number of hydrogen-bond donors (Lipinski definition) is 1. The van der Waals surface area contributed by atoms with Crippen LogP contribution in [0.25, 0.3) is 0 Å². The summed E-state index contributed by atoms with van der Waals surface area (Å²) in [5.41, 5.74) is 0. The van der Waals surface area contributed by atoms with Crippen LogP contribution in [0.4, 0.5) is 0 Å². The normalized spacial score (nSPS) is 9.44. The Morgan fingerprint density at radius 2 is 2.33 bits per heavy atom. The van der Waals surface area contributed by atoms with Gasteiger partial charge in [-0.1, -0.05) is 0 Å². The van der Waals surface area contributed by atoms with Crippen molar-refractivity contribution in [1.29, 1.82) is 0 Å². The van der Waals surface area contributed by atoms with E-state index in [1.165, 1.54) is 0 Å². The van der Waals surface area contributed by atoms with Gasteiger partial charge in [0.2, 0.25) is 5.05 Å². The van der Waals surface area contributed by atoms with Crippen molar-refractivity contribution in [2.75, 3.05) is 0 Å². The van der Waals surface area contributed by atoms with Crippen LogP contribution < -0.4 is 0 Å². The second-order valence-electron chi connectivity index (χ2n) is 1.72. The molecule has 0 aromatic carbocycles. The van der Waals surface area contributed by atoms with Gasteiger partial charge in [-0.05, 0) is 31.3 Å². The highest BCUT2D eigenvalue weighted by molar-refractivity contribution is 7.80. The van der Waals surface area contributed by atoms with E-state index in [9.17, 15) is 0 Å². The number of rotatable bonds is 1. The average molecular weight is 142 g/mol.